The van der Waals surface area contributed by atoms with Crippen molar-refractivity contribution in [2.24, 2.45) is 11.1 Å². The van der Waals surface area contributed by atoms with E-state index in [0.717, 1.165) is 19.1 Å². The second-order valence-corrected chi connectivity index (χ2v) is 6.83. The molecular formula is C14H24N2S. The first-order chi connectivity index (χ1) is 7.99. The van der Waals surface area contributed by atoms with E-state index in [1.54, 1.807) is 11.3 Å². The van der Waals surface area contributed by atoms with Crippen molar-refractivity contribution >= 4 is 11.3 Å². The Morgan fingerprint density at radius 2 is 2.24 bits per heavy atom. The summed E-state index contributed by atoms with van der Waals surface area (Å²) in [5.74, 6) is 0. The van der Waals surface area contributed by atoms with E-state index < -0.39 is 0 Å². The van der Waals surface area contributed by atoms with Crippen LogP contribution in [0.4, 0.5) is 0 Å². The molecule has 1 aliphatic carbocycles. The van der Waals surface area contributed by atoms with Crippen LogP contribution < -0.4 is 5.73 Å². The van der Waals surface area contributed by atoms with Gasteiger partial charge in [-0.25, -0.2) is 0 Å². The fourth-order valence-corrected chi connectivity index (χ4v) is 2.70. The van der Waals surface area contributed by atoms with Crippen LogP contribution in [0.2, 0.25) is 0 Å². The standard InChI is InChI=1S/C14H24N2S/c1-11(15)14(2,3)10-16(13-4-5-13)8-12-6-7-17-9-12/h6-7,9,11,13H,4-5,8,10,15H2,1-3H3. The topological polar surface area (TPSA) is 29.3 Å². The zero-order valence-corrected chi connectivity index (χ0v) is 12.0. The maximum atomic E-state index is 6.09. The molecule has 1 saturated carbocycles. The molecule has 2 N–H and O–H groups in total. The van der Waals surface area contributed by atoms with E-state index in [2.05, 4.69) is 42.5 Å². The van der Waals surface area contributed by atoms with Crippen LogP contribution in [-0.2, 0) is 6.54 Å². The van der Waals surface area contributed by atoms with Gasteiger partial charge in [0.2, 0.25) is 0 Å². The monoisotopic (exact) mass is 252 g/mol. The lowest BCUT2D eigenvalue weighted by Gasteiger charge is -2.35. The zero-order valence-electron chi connectivity index (χ0n) is 11.1. The highest BCUT2D eigenvalue weighted by molar-refractivity contribution is 7.07. The molecule has 0 bridgehead atoms. The van der Waals surface area contributed by atoms with Crippen LogP contribution in [0.5, 0.6) is 0 Å². The molecule has 1 atom stereocenters. The molecule has 0 aliphatic heterocycles. The molecule has 96 valence electrons. The lowest BCUT2D eigenvalue weighted by atomic mass is 9.85. The normalized spacial score (nSPS) is 18.6. The van der Waals surface area contributed by atoms with Crippen molar-refractivity contribution in [1.29, 1.82) is 0 Å². The lowest BCUT2D eigenvalue weighted by molar-refractivity contribution is 0.144. The third-order valence-electron chi connectivity index (χ3n) is 3.87. The fraction of sp³-hybridized carbons (Fsp3) is 0.714. The Hall–Kier alpha value is -0.380. The SMILES string of the molecule is CC(N)C(C)(C)CN(Cc1ccsc1)C1CC1. The van der Waals surface area contributed by atoms with Crippen LogP contribution in [-0.4, -0.2) is 23.5 Å². The predicted octanol–water partition coefficient (Wildman–Crippen LogP) is 3.09. The van der Waals surface area contributed by atoms with Crippen LogP contribution in [0.25, 0.3) is 0 Å². The van der Waals surface area contributed by atoms with Gasteiger partial charge in [-0.05, 0) is 47.6 Å². The van der Waals surface area contributed by atoms with E-state index in [1.165, 1.54) is 18.4 Å². The second-order valence-electron chi connectivity index (χ2n) is 6.05. The first-order valence-electron chi connectivity index (χ1n) is 6.50. The van der Waals surface area contributed by atoms with Crippen molar-refractivity contribution in [2.45, 2.75) is 52.2 Å². The Labute approximate surface area is 109 Å². The van der Waals surface area contributed by atoms with Gasteiger partial charge in [-0.1, -0.05) is 13.8 Å². The summed E-state index contributed by atoms with van der Waals surface area (Å²) in [4.78, 5) is 2.62. The highest BCUT2D eigenvalue weighted by atomic mass is 32.1. The summed E-state index contributed by atoms with van der Waals surface area (Å²) in [6, 6.07) is 3.28. The Balaban J connectivity index is 1.98. The fourth-order valence-electron chi connectivity index (χ4n) is 2.04. The number of hydrogen-bond acceptors (Lipinski definition) is 3. The van der Waals surface area contributed by atoms with E-state index >= 15 is 0 Å². The number of nitrogens with zero attached hydrogens (tertiary/aromatic N) is 1. The molecule has 1 heterocycles. The van der Waals surface area contributed by atoms with Gasteiger partial charge in [0.05, 0.1) is 0 Å². The van der Waals surface area contributed by atoms with Crippen molar-refractivity contribution in [1.82, 2.24) is 4.90 Å². The smallest absolute Gasteiger partial charge is 0.0245 e. The molecule has 1 unspecified atom stereocenters. The molecule has 1 aliphatic rings. The van der Waals surface area contributed by atoms with Gasteiger partial charge in [-0.3, -0.25) is 4.90 Å². The van der Waals surface area contributed by atoms with E-state index in [-0.39, 0.29) is 11.5 Å². The first kappa shape index (κ1) is 13.1. The number of hydrogen-bond donors (Lipinski definition) is 1. The van der Waals surface area contributed by atoms with Crippen LogP contribution in [0.1, 0.15) is 39.2 Å². The molecule has 1 fully saturated rings. The summed E-state index contributed by atoms with van der Waals surface area (Å²) in [6.07, 6.45) is 2.72. The Morgan fingerprint density at radius 3 is 2.71 bits per heavy atom. The molecule has 0 aromatic carbocycles. The number of thiophene rings is 1. The summed E-state index contributed by atoms with van der Waals surface area (Å²) < 4.78 is 0. The average molecular weight is 252 g/mol. The number of nitrogens with two attached hydrogens (primary N) is 1. The summed E-state index contributed by atoms with van der Waals surface area (Å²) in [7, 11) is 0. The van der Waals surface area contributed by atoms with Gasteiger partial charge in [0.15, 0.2) is 0 Å². The third kappa shape index (κ3) is 3.54. The molecule has 0 spiro atoms. The van der Waals surface area contributed by atoms with Crippen molar-refractivity contribution < 1.29 is 0 Å². The van der Waals surface area contributed by atoms with E-state index in [0.29, 0.717) is 0 Å². The van der Waals surface area contributed by atoms with E-state index in [1.807, 2.05) is 0 Å². The van der Waals surface area contributed by atoms with Crippen LogP contribution in [0.3, 0.4) is 0 Å². The molecule has 2 nitrogen and oxygen atoms in total. The highest BCUT2D eigenvalue weighted by Crippen LogP contribution is 2.32. The third-order valence-corrected chi connectivity index (χ3v) is 4.60. The van der Waals surface area contributed by atoms with Crippen LogP contribution >= 0.6 is 11.3 Å². The molecular weight excluding hydrogens is 228 g/mol. The zero-order chi connectivity index (χ0) is 12.5. The summed E-state index contributed by atoms with van der Waals surface area (Å²) in [6.45, 7) is 8.87. The average Bonchev–Trinajstić information content (AvgIpc) is 2.97. The van der Waals surface area contributed by atoms with Crippen molar-refractivity contribution in [3.05, 3.63) is 22.4 Å². The van der Waals surface area contributed by atoms with E-state index in [9.17, 15) is 0 Å². The quantitative estimate of drug-likeness (QED) is 0.843. The Kier molecular flexibility index (Phi) is 3.91. The molecule has 2 rings (SSSR count). The van der Waals surface area contributed by atoms with Gasteiger partial charge in [0.25, 0.3) is 0 Å². The van der Waals surface area contributed by atoms with Gasteiger partial charge in [-0.2, -0.15) is 11.3 Å². The predicted molar refractivity (Wildman–Crippen MR) is 75.2 cm³/mol. The minimum atomic E-state index is 0.193. The summed E-state index contributed by atoms with van der Waals surface area (Å²) in [5.41, 5.74) is 7.73. The molecule has 0 saturated heterocycles. The maximum Gasteiger partial charge on any atom is 0.0245 e. The van der Waals surface area contributed by atoms with Gasteiger partial charge >= 0.3 is 0 Å². The minimum Gasteiger partial charge on any atom is -0.327 e. The first-order valence-corrected chi connectivity index (χ1v) is 7.44. The molecule has 17 heavy (non-hydrogen) atoms. The Bertz CT molecular complexity index is 339. The highest BCUT2D eigenvalue weighted by Gasteiger charge is 2.34. The number of rotatable bonds is 6. The van der Waals surface area contributed by atoms with Crippen molar-refractivity contribution in [3.63, 3.8) is 0 Å². The molecule has 1 aromatic rings. The maximum absolute atomic E-state index is 6.09. The van der Waals surface area contributed by atoms with Crippen LogP contribution in [0.15, 0.2) is 16.8 Å². The molecule has 0 amide bonds. The lowest BCUT2D eigenvalue weighted by Crippen LogP contribution is -2.44. The summed E-state index contributed by atoms with van der Waals surface area (Å²) in [5, 5.41) is 4.42. The van der Waals surface area contributed by atoms with Gasteiger partial charge in [-0.15, -0.1) is 0 Å². The van der Waals surface area contributed by atoms with Crippen molar-refractivity contribution in [2.75, 3.05) is 6.54 Å². The van der Waals surface area contributed by atoms with Crippen LogP contribution in [0, 0.1) is 5.41 Å². The summed E-state index contributed by atoms with van der Waals surface area (Å²) >= 11 is 1.79. The molecule has 0 radical (unpaired) electrons. The van der Waals surface area contributed by atoms with Gasteiger partial charge < -0.3 is 5.73 Å². The minimum absolute atomic E-state index is 0.193. The van der Waals surface area contributed by atoms with E-state index in [4.69, 9.17) is 5.73 Å². The molecule has 1 aromatic heterocycles. The van der Waals surface area contributed by atoms with Gasteiger partial charge in [0, 0.05) is 25.2 Å². The molecule has 3 heteroatoms. The largest absolute Gasteiger partial charge is 0.327 e. The Morgan fingerprint density at radius 1 is 1.53 bits per heavy atom. The van der Waals surface area contributed by atoms with Gasteiger partial charge in [0.1, 0.15) is 0 Å². The second kappa shape index (κ2) is 5.09. The van der Waals surface area contributed by atoms with Crippen molar-refractivity contribution in [3.8, 4) is 0 Å².